The van der Waals surface area contributed by atoms with Crippen LogP contribution >= 0.6 is 0 Å². The van der Waals surface area contributed by atoms with Crippen molar-refractivity contribution in [2.45, 2.75) is 69.7 Å². The zero-order valence-corrected chi connectivity index (χ0v) is 17.1. The van der Waals surface area contributed by atoms with Crippen molar-refractivity contribution < 1.29 is 4.55 Å². The largest absolute Gasteiger partial charge is 0.593 e. The molecule has 2 aliphatic heterocycles. The Hall–Kier alpha value is -0.550. The van der Waals surface area contributed by atoms with Crippen LogP contribution in [0.15, 0.2) is 29.2 Å². The smallest absolute Gasteiger partial charge is 0.174 e. The highest BCUT2D eigenvalue weighted by molar-refractivity contribution is 7.89. The van der Waals surface area contributed by atoms with Gasteiger partial charge in [-0.25, -0.2) is 0 Å². The van der Waals surface area contributed by atoms with Crippen molar-refractivity contribution in [1.29, 1.82) is 0 Å². The van der Waals surface area contributed by atoms with Gasteiger partial charge in [0.25, 0.3) is 0 Å². The first-order valence-electron chi connectivity index (χ1n) is 9.86. The van der Waals surface area contributed by atoms with E-state index in [0.717, 1.165) is 36.7 Å². The Balaban J connectivity index is 1.57. The second-order valence-corrected chi connectivity index (χ2v) is 10.4. The first-order valence-corrected chi connectivity index (χ1v) is 11.0. The van der Waals surface area contributed by atoms with Gasteiger partial charge in [-0.2, -0.15) is 0 Å². The normalized spacial score (nSPS) is 23.7. The van der Waals surface area contributed by atoms with E-state index in [9.17, 15) is 4.55 Å². The van der Waals surface area contributed by atoms with Crippen molar-refractivity contribution in [3.8, 4) is 0 Å². The van der Waals surface area contributed by atoms with Crippen molar-refractivity contribution in [2.24, 2.45) is 5.92 Å². The van der Waals surface area contributed by atoms with Gasteiger partial charge >= 0.3 is 0 Å². The molecule has 0 spiro atoms. The monoisotopic (exact) mass is 362 g/mol. The zero-order chi connectivity index (χ0) is 18.0. The van der Waals surface area contributed by atoms with Gasteiger partial charge < -0.3 is 9.45 Å². The highest BCUT2D eigenvalue weighted by Crippen LogP contribution is 2.29. The summed E-state index contributed by atoms with van der Waals surface area (Å²) in [5.74, 6) is 0.888. The first kappa shape index (κ1) is 19.2. The summed E-state index contributed by atoms with van der Waals surface area (Å²) in [6, 6.07) is 9.04. The molecular formula is C21H34N2OS. The van der Waals surface area contributed by atoms with E-state index >= 15 is 0 Å². The lowest BCUT2D eigenvalue weighted by molar-refractivity contribution is 0.101. The van der Waals surface area contributed by atoms with Crippen LogP contribution in [-0.4, -0.2) is 46.0 Å². The van der Waals surface area contributed by atoms with E-state index in [0.29, 0.717) is 6.04 Å². The van der Waals surface area contributed by atoms with Crippen molar-refractivity contribution in [3.05, 3.63) is 29.8 Å². The number of piperidine rings is 2. The molecule has 0 saturated carbocycles. The summed E-state index contributed by atoms with van der Waals surface area (Å²) in [5.41, 5.74) is 1.36. The molecule has 0 aromatic heterocycles. The molecule has 2 fully saturated rings. The number of benzene rings is 1. The SMILES string of the molecule is CC1CCN(C2CCN([S+]([O-])c3cccc(C(C)(C)C)c3)CC2)CC1. The van der Waals surface area contributed by atoms with Crippen LogP contribution in [0.5, 0.6) is 0 Å². The van der Waals surface area contributed by atoms with Gasteiger partial charge in [0.1, 0.15) is 0 Å². The van der Waals surface area contributed by atoms with Gasteiger partial charge in [-0.3, -0.25) is 0 Å². The number of hydrogen-bond donors (Lipinski definition) is 0. The maximum Gasteiger partial charge on any atom is 0.174 e. The summed E-state index contributed by atoms with van der Waals surface area (Å²) in [4.78, 5) is 3.64. The quantitative estimate of drug-likeness (QED) is 0.755. The number of hydrogen-bond acceptors (Lipinski definition) is 3. The molecule has 3 rings (SSSR count). The van der Waals surface area contributed by atoms with Crippen molar-refractivity contribution in [1.82, 2.24) is 9.21 Å². The summed E-state index contributed by atoms with van der Waals surface area (Å²) >= 11 is -1.03. The van der Waals surface area contributed by atoms with Crippen LogP contribution in [-0.2, 0) is 16.8 Å². The van der Waals surface area contributed by atoms with E-state index in [-0.39, 0.29) is 5.41 Å². The van der Waals surface area contributed by atoms with Gasteiger partial charge in [0.05, 0.1) is 11.4 Å². The molecule has 140 valence electrons. The van der Waals surface area contributed by atoms with Gasteiger partial charge in [0.2, 0.25) is 0 Å². The zero-order valence-electron chi connectivity index (χ0n) is 16.3. The molecule has 2 aliphatic rings. The number of likely N-dealkylation sites (tertiary alicyclic amines) is 1. The van der Waals surface area contributed by atoms with Gasteiger partial charge in [-0.05, 0) is 67.8 Å². The summed E-state index contributed by atoms with van der Waals surface area (Å²) in [7, 11) is 0. The third-order valence-corrected chi connectivity index (χ3v) is 7.39. The van der Waals surface area contributed by atoms with E-state index < -0.39 is 11.4 Å². The Kier molecular flexibility index (Phi) is 6.15. The maximum atomic E-state index is 13.0. The molecule has 1 unspecified atom stereocenters. The van der Waals surface area contributed by atoms with Crippen molar-refractivity contribution in [2.75, 3.05) is 26.2 Å². The molecule has 0 bridgehead atoms. The average molecular weight is 363 g/mol. The third kappa shape index (κ3) is 4.79. The predicted octanol–water partition coefficient (Wildman–Crippen LogP) is 4.20. The fourth-order valence-corrected chi connectivity index (χ4v) is 5.25. The highest BCUT2D eigenvalue weighted by atomic mass is 32.2. The summed E-state index contributed by atoms with van der Waals surface area (Å²) in [6.45, 7) is 13.4. The fourth-order valence-electron chi connectivity index (χ4n) is 3.99. The molecule has 4 heteroatoms. The molecular weight excluding hydrogens is 328 g/mol. The van der Waals surface area contributed by atoms with Crippen LogP contribution in [0.3, 0.4) is 0 Å². The van der Waals surface area contributed by atoms with Crippen LogP contribution in [0, 0.1) is 5.92 Å². The van der Waals surface area contributed by atoms with E-state index in [1.54, 1.807) is 0 Å². The molecule has 1 aromatic carbocycles. The number of rotatable bonds is 3. The lowest BCUT2D eigenvalue weighted by atomic mass is 9.87. The molecule has 25 heavy (non-hydrogen) atoms. The predicted molar refractivity (Wildman–Crippen MR) is 106 cm³/mol. The van der Waals surface area contributed by atoms with Crippen LogP contribution in [0.4, 0.5) is 0 Å². The van der Waals surface area contributed by atoms with Crippen LogP contribution in [0.25, 0.3) is 0 Å². The first-order chi connectivity index (χ1) is 11.8. The Morgan fingerprint density at radius 3 is 2.24 bits per heavy atom. The third-order valence-electron chi connectivity index (χ3n) is 5.89. The Bertz CT molecular complexity index is 555. The minimum atomic E-state index is -1.03. The van der Waals surface area contributed by atoms with E-state index in [1.165, 1.54) is 31.5 Å². The van der Waals surface area contributed by atoms with Crippen LogP contribution < -0.4 is 0 Å². The standard InChI is InChI=1S/C21H34N2OS/c1-17-8-12-22(13-9-17)19-10-14-23(15-11-19)25(24)20-7-5-6-18(16-20)21(2,3)4/h5-7,16-17,19H,8-15H2,1-4H3. The molecule has 0 amide bonds. The second-order valence-electron chi connectivity index (χ2n) is 8.91. The van der Waals surface area contributed by atoms with E-state index in [1.807, 2.05) is 6.07 Å². The summed E-state index contributed by atoms with van der Waals surface area (Å²) in [6.07, 6.45) is 4.98. The van der Waals surface area contributed by atoms with E-state index in [2.05, 4.69) is 55.1 Å². The average Bonchev–Trinajstić information content (AvgIpc) is 2.61. The molecule has 2 saturated heterocycles. The van der Waals surface area contributed by atoms with Gasteiger partial charge in [-0.15, -0.1) is 4.31 Å². The van der Waals surface area contributed by atoms with Gasteiger partial charge in [-0.1, -0.05) is 39.8 Å². The van der Waals surface area contributed by atoms with Crippen LogP contribution in [0.2, 0.25) is 0 Å². The molecule has 1 aromatic rings. The fraction of sp³-hybridized carbons (Fsp3) is 0.714. The van der Waals surface area contributed by atoms with Gasteiger partial charge in [0, 0.05) is 19.1 Å². The Morgan fingerprint density at radius 1 is 1.00 bits per heavy atom. The molecule has 0 radical (unpaired) electrons. The van der Waals surface area contributed by atoms with Crippen molar-refractivity contribution >= 4 is 11.4 Å². The molecule has 0 aliphatic carbocycles. The summed E-state index contributed by atoms with van der Waals surface area (Å²) in [5, 5.41) is 0. The lowest BCUT2D eigenvalue weighted by Crippen LogP contribution is -2.48. The van der Waals surface area contributed by atoms with E-state index in [4.69, 9.17) is 0 Å². The molecule has 1 atom stereocenters. The maximum absolute atomic E-state index is 13.0. The van der Waals surface area contributed by atoms with Crippen molar-refractivity contribution in [3.63, 3.8) is 0 Å². The topological polar surface area (TPSA) is 29.5 Å². The highest BCUT2D eigenvalue weighted by Gasteiger charge is 2.32. The lowest BCUT2D eigenvalue weighted by Gasteiger charge is -2.40. The molecule has 2 heterocycles. The van der Waals surface area contributed by atoms with Crippen LogP contribution in [0.1, 0.15) is 58.9 Å². The summed E-state index contributed by atoms with van der Waals surface area (Å²) < 4.78 is 15.2. The minimum absolute atomic E-state index is 0.0958. The Morgan fingerprint density at radius 2 is 1.64 bits per heavy atom. The van der Waals surface area contributed by atoms with Gasteiger partial charge in [0.15, 0.2) is 4.90 Å². The Labute approximate surface area is 157 Å². The second kappa shape index (κ2) is 7.99. The molecule has 3 nitrogen and oxygen atoms in total. The minimum Gasteiger partial charge on any atom is -0.593 e. The number of nitrogens with zero attached hydrogens (tertiary/aromatic N) is 2. The molecule has 0 N–H and O–H groups in total.